The molecule has 0 aromatic heterocycles. The van der Waals surface area contributed by atoms with Gasteiger partial charge in [-0.1, -0.05) is 0 Å². The molecule has 0 saturated heterocycles. The Morgan fingerprint density at radius 2 is 0.889 bits per heavy atom. The summed E-state index contributed by atoms with van der Waals surface area (Å²) in [6.07, 6.45) is 0. The number of hydrogen-bond acceptors (Lipinski definition) is 1. The second kappa shape index (κ2) is 76.4. The summed E-state index contributed by atoms with van der Waals surface area (Å²) in [6, 6.07) is 0. The first-order chi connectivity index (χ1) is 1.41. The van der Waals surface area contributed by atoms with Gasteiger partial charge in [0.05, 0.1) is 0 Å². The molecule has 0 aromatic carbocycles. The maximum Gasteiger partial charge on any atom is 0.0402 e. The second-order valence-corrected chi connectivity index (χ2v) is 0.316. The van der Waals surface area contributed by atoms with Gasteiger partial charge in [-0.15, -0.1) is 49.6 Å². The van der Waals surface area contributed by atoms with E-state index in [0.717, 1.165) is 0 Å². The van der Waals surface area contributed by atoms with Crippen LogP contribution in [0.25, 0.3) is 0 Å². The molecule has 0 radical (unpaired) electrons. The predicted molar refractivity (Wildman–Crippen MR) is 41.8 cm³/mol. The molecule has 0 heterocycles. The van der Waals surface area contributed by atoms with Crippen molar-refractivity contribution in [1.29, 1.82) is 0 Å². The summed E-state index contributed by atoms with van der Waals surface area (Å²) in [6.45, 7) is 1.93. The zero-order valence-corrected chi connectivity index (χ0v) is 11.2. The smallest absolute Gasteiger partial charge is 0.0402 e. The summed E-state index contributed by atoms with van der Waals surface area (Å²) in [5.74, 6) is 0. The maximum absolute atomic E-state index is 7.57. The molecule has 0 aromatic rings. The number of halogens is 4. The van der Waals surface area contributed by atoms with Crippen LogP contribution in [-0.4, -0.2) is 11.7 Å². The third-order valence-corrected chi connectivity index (χ3v) is 0. The van der Waals surface area contributed by atoms with Crippen molar-refractivity contribution < 1.29 is 48.5 Å². The first kappa shape index (κ1) is 62.1. The molecular formula is C2H10Cl4OTi2. The van der Waals surface area contributed by atoms with Crippen molar-refractivity contribution in [2.24, 2.45) is 0 Å². The van der Waals surface area contributed by atoms with Gasteiger partial charge in [0.2, 0.25) is 0 Å². The first-order valence-electron chi connectivity index (χ1n) is 1.02. The zero-order valence-electron chi connectivity index (χ0n) is 4.79. The third kappa shape index (κ3) is 119. The van der Waals surface area contributed by atoms with Crippen LogP contribution < -0.4 is 0 Å². The van der Waals surface area contributed by atoms with E-state index < -0.39 is 0 Å². The van der Waals surface area contributed by atoms with Crippen LogP contribution in [0.1, 0.15) is 6.92 Å². The van der Waals surface area contributed by atoms with E-state index in [0.29, 0.717) is 0 Å². The molecule has 1 N–H and O–H groups in total. The van der Waals surface area contributed by atoms with Gasteiger partial charge in [-0.3, -0.25) is 0 Å². The van der Waals surface area contributed by atoms with Gasteiger partial charge in [0.25, 0.3) is 0 Å². The van der Waals surface area contributed by atoms with Crippen molar-refractivity contribution in [2.45, 2.75) is 6.92 Å². The van der Waals surface area contributed by atoms with Gasteiger partial charge in [0, 0.05) is 50.0 Å². The van der Waals surface area contributed by atoms with E-state index >= 15 is 0 Å². The number of rotatable bonds is 0. The van der Waals surface area contributed by atoms with Crippen molar-refractivity contribution in [1.82, 2.24) is 0 Å². The Balaban J connectivity index is -0.00000000133. The molecule has 1 nitrogen and oxygen atoms in total. The van der Waals surface area contributed by atoms with Gasteiger partial charge in [-0.25, -0.2) is 0 Å². The first-order valence-corrected chi connectivity index (χ1v) is 1.02. The molecule has 0 saturated carbocycles. The molecule has 0 aliphatic rings. The molecule has 60 valence electrons. The Kier molecular flexibility index (Phi) is 527. The second-order valence-electron chi connectivity index (χ2n) is 0.316. The molecular weight excluding hydrogens is 278 g/mol. The minimum atomic E-state index is 0. The largest absolute Gasteiger partial charge is 0.397 e. The SMILES string of the molecule is CCO.Cl.Cl.Cl.Cl.[Ti].[Ti]. The number of aliphatic hydroxyl groups excluding tert-OH is 1. The average molecular weight is 288 g/mol. The van der Waals surface area contributed by atoms with Crippen LogP contribution in [0.5, 0.6) is 0 Å². The van der Waals surface area contributed by atoms with E-state index in [9.17, 15) is 0 Å². The molecule has 9 heavy (non-hydrogen) atoms. The van der Waals surface area contributed by atoms with E-state index in [2.05, 4.69) is 0 Å². The Morgan fingerprint density at radius 1 is 0.889 bits per heavy atom. The van der Waals surface area contributed by atoms with Crippen LogP contribution in [0.3, 0.4) is 0 Å². The van der Waals surface area contributed by atoms with Gasteiger partial charge in [-0.2, -0.15) is 0 Å². The zero-order chi connectivity index (χ0) is 2.71. The molecule has 0 fully saturated rings. The van der Waals surface area contributed by atoms with Crippen molar-refractivity contribution in [3.05, 3.63) is 0 Å². The number of aliphatic hydroxyl groups is 1. The van der Waals surface area contributed by atoms with Crippen LogP contribution in [0.2, 0.25) is 0 Å². The molecule has 7 heteroatoms. The van der Waals surface area contributed by atoms with Crippen LogP contribution in [0.15, 0.2) is 0 Å². The monoisotopic (exact) mass is 286 g/mol. The van der Waals surface area contributed by atoms with E-state index in [1.165, 1.54) is 0 Å². The summed E-state index contributed by atoms with van der Waals surface area (Å²) < 4.78 is 0. The fourth-order valence-electron chi connectivity index (χ4n) is 0. The van der Waals surface area contributed by atoms with Crippen molar-refractivity contribution in [3.8, 4) is 0 Å². The van der Waals surface area contributed by atoms with E-state index in [4.69, 9.17) is 5.11 Å². The van der Waals surface area contributed by atoms with Gasteiger partial charge >= 0.3 is 0 Å². The quantitative estimate of drug-likeness (QED) is 0.672. The maximum atomic E-state index is 7.57. The number of hydrogen-bond donors (Lipinski definition) is 1. The summed E-state index contributed by atoms with van der Waals surface area (Å²) in [7, 11) is 0. The molecule has 0 atom stereocenters. The predicted octanol–water partition coefficient (Wildman–Crippen LogP) is 1.68. The van der Waals surface area contributed by atoms with Gasteiger partial charge in [0.1, 0.15) is 0 Å². The third-order valence-electron chi connectivity index (χ3n) is 0. The summed E-state index contributed by atoms with van der Waals surface area (Å²) in [5.41, 5.74) is 0. The Morgan fingerprint density at radius 3 is 0.889 bits per heavy atom. The van der Waals surface area contributed by atoms with Crippen molar-refractivity contribution in [2.75, 3.05) is 6.61 Å². The summed E-state index contributed by atoms with van der Waals surface area (Å²) >= 11 is 0. The Hall–Kier alpha value is 2.55. The van der Waals surface area contributed by atoms with Crippen molar-refractivity contribution >= 4 is 49.6 Å². The van der Waals surface area contributed by atoms with Crippen LogP contribution in [0.4, 0.5) is 0 Å². The molecule has 0 rings (SSSR count). The Labute approximate surface area is 111 Å². The van der Waals surface area contributed by atoms with Crippen molar-refractivity contribution in [3.63, 3.8) is 0 Å². The summed E-state index contributed by atoms with van der Waals surface area (Å²) in [4.78, 5) is 0. The molecule has 0 aliphatic carbocycles. The standard InChI is InChI=1S/C2H6O.4ClH.2Ti/c1-2-3;;;;;;/h3H,2H2,1H3;4*1H;;. The van der Waals surface area contributed by atoms with Crippen LogP contribution in [-0.2, 0) is 43.4 Å². The van der Waals surface area contributed by atoms with Crippen LogP contribution in [0, 0.1) is 0 Å². The topological polar surface area (TPSA) is 20.2 Å². The van der Waals surface area contributed by atoms with Gasteiger partial charge in [-0.05, 0) is 6.92 Å². The minimum absolute atomic E-state index is 0. The molecule has 0 bridgehead atoms. The minimum Gasteiger partial charge on any atom is -0.397 e. The fourth-order valence-corrected chi connectivity index (χ4v) is 0. The fraction of sp³-hybridized carbons (Fsp3) is 1.00. The average Bonchev–Trinajstić information content (AvgIpc) is 0.918. The molecule has 0 amide bonds. The van der Waals surface area contributed by atoms with E-state index in [1.54, 1.807) is 6.92 Å². The van der Waals surface area contributed by atoms with E-state index in [-0.39, 0.29) is 99.7 Å². The Bertz CT molecular complexity index is 16.5. The summed E-state index contributed by atoms with van der Waals surface area (Å²) in [5, 5.41) is 7.57. The van der Waals surface area contributed by atoms with E-state index in [1.807, 2.05) is 0 Å². The van der Waals surface area contributed by atoms with Gasteiger partial charge < -0.3 is 5.11 Å². The van der Waals surface area contributed by atoms with Crippen LogP contribution >= 0.6 is 49.6 Å². The molecule has 0 spiro atoms. The van der Waals surface area contributed by atoms with Gasteiger partial charge in [0.15, 0.2) is 0 Å². The molecule has 0 aliphatic heterocycles. The normalized spacial score (nSPS) is 2.00. The molecule has 0 unspecified atom stereocenters.